The van der Waals surface area contributed by atoms with Crippen LogP contribution in [-0.4, -0.2) is 33.4 Å². The molecule has 0 aromatic heterocycles. The molecule has 0 saturated carbocycles. The first kappa shape index (κ1) is 32.0. The van der Waals surface area contributed by atoms with Gasteiger partial charge in [0.2, 0.25) is 0 Å². The van der Waals surface area contributed by atoms with Crippen LogP contribution >= 0.6 is 34.2 Å². The summed E-state index contributed by atoms with van der Waals surface area (Å²) in [5.74, 6) is -1.25. The third-order valence-electron chi connectivity index (χ3n) is 6.58. The monoisotopic (exact) mass is 758 g/mol. The van der Waals surface area contributed by atoms with Gasteiger partial charge in [-0.2, -0.15) is 8.42 Å². The standard InChI is InChI=1S/C32H24ClIN2O8S/c1-19-3-13-25(14-4-19)45(40,41)44-29-27(34)16-21(17-28(29)42-2)15-26-30(37)35-32(39)36(31(26)38)23-9-11-24(12-10-23)43-18-20-5-7-22(33)8-6-20/h3-17H,18H2,1-2H3,(H,35,37,39)/b26-15+. The van der Waals surface area contributed by atoms with Crippen molar-refractivity contribution in [3.8, 4) is 17.2 Å². The fourth-order valence-electron chi connectivity index (χ4n) is 4.26. The molecule has 1 heterocycles. The van der Waals surface area contributed by atoms with E-state index in [0.29, 0.717) is 19.9 Å². The molecular weight excluding hydrogens is 735 g/mol. The first-order valence-corrected chi connectivity index (χ1v) is 16.1. The van der Waals surface area contributed by atoms with Gasteiger partial charge in [0.05, 0.1) is 16.4 Å². The number of ether oxygens (including phenoxy) is 2. The molecule has 0 bridgehead atoms. The van der Waals surface area contributed by atoms with E-state index >= 15 is 0 Å². The van der Waals surface area contributed by atoms with E-state index in [4.69, 9.17) is 25.3 Å². The molecule has 1 saturated heterocycles. The lowest BCUT2D eigenvalue weighted by Gasteiger charge is -2.26. The van der Waals surface area contributed by atoms with Crippen molar-refractivity contribution in [2.45, 2.75) is 18.4 Å². The molecule has 1 N–H and O–H groups in total. The fraction of sp³-hybridized carbons (Fsp3) is 0.0938. The molecule has 10 nitrogen and oxygen atoms in total. The molecule has 230 valence electrons. The summed E-state index contributed by atoms with van der Waals surface area (Å²) in [5.41, 5.74) is 2.01. The Morgan fingerprint density at radius 2 is 1.60 bits per heavy atom. The van der Waals surface area contributed by atoms with Gasteiger partial charge in [0, 0.05) is 5.02 Å². The van der Waals surface area contributed by atoms with E-state index in [2.05, 4.69) is 5.32 Å². The Hall–Kier alpha value is -4.40. The van der Waals surface area contributed by atoms with Crippen LogP contribution in [0.3, 0.4) is 0 Å². The van der Waals surface area contributed by atoms with Crippen LogP contribution in [0.25, 0.3) is 6.08 Å². The molecule has 1 aliphatic rings. The molecule has 1 fully saturated rings. The van der Waals surface area contributed by atoms with Gasteiger partial charge in [-0.25, -0.2) is 9.69 Å². The zero-order valence-electron chi connectivity index (χ0n) is 23.7. The van der Waals surface area contributed by atoms with Crippen molar-refractivity contribution in [2.75, 3.05) is 12.0 Å². The van der Waals surface area contributed by atoms with Crippen molar-refractivity contribution in [1.82, 2.24) is 5.32 Å². The van der Waals surface area contributed by atoms with Gasteiger partial charge in [-0.1, -0.05) is 41.4 Å². The number of anilines is 1. The highest BCUT2D eigenvalue weighted by Gasteiger charge is 2.37. The molecule has 0 atom stereocenters. The smallest absolute Gasteiger partial charge is 0.339 e. The molecule has 45 heavy (non-hydrogen) atoms. The average molecular weight is 759 g/mol. The van der Waals surface area contributed by atoms with Gasteiger partial charge in [0.15, 0.2) is 11.5 Å². The van der Waals surface area contributed by atoms with E-state index in [1.165, 1.54) is 49.6 Å². The van der Waals surface area contributed by atoms with Crippen LogP contribution in [0.2, 0.25) is 5.02 Å². The molecule has 1 aliphatic heterocycles. The van der Waals surface area contributed by atoms with Crippen LogP contribution in [0.4, 0.5) is 10.5 Å². The van der Waals surface area contributed by atoms with E-state index in [0.717, 1.165) is 16.0 Å². The van der Waals surface area contributed by atoms with Crippen molar-refractivity contribution in [2.24, 2.45) is 0 Å². The maximum atomic E-state index is 13.4. The minimum Gasteiger partial charge on any atom is -0.493 e. The Labute approximate surface area is 277 Å². The summed E-state index contributed by atoms with van der Waals surface area (Å²) in [6.45, 7) is 2.12. The van der Waals surface area contributed by atoms with Crippen molar-refractivity contribution < 1.29 is 36.5 Å². The number of imide groups is 2. The van der Waals surface area contributed by atoms with Crippen molar-refractivity contribution in [1.29, 1.82) is 0 Å². The summed E-state index contributed by atoms with van der Waals surface area (Å²) in [7, 11) is -2.86. The molecule has 5 rings (SSSR count). The Bertz CT molecular complexity index is 1930. The topological polar surface area (TPSA) is 128 Å². The van der Waals surface area contributed by atoms with E-state index in [1.807, 2.05) is 41.6 Å². The summed E-state index contributed by atoms with van der Waals surface area (Å²) in [6, 6.07) is 21.6. The average Bonchev–Trinajstić information content (AvgIpc) is 3.01. The number of rotatable bonds is 9. The van der Waals surface area contributed by atoms with Crippen molar-refractivity contribution in [3.05, 3.63) is 116 Å². The van der Waals surface area contributed by atoms with Gasteiger partial charge in [0.25, 0.3) is 11.8 Å². The van der Waals surface area contributed by atoms with E-state index < -0.39 is 28.0 Å². The summed E-state index contributed by atoms with van der Waals surface area (Å²) in [4.78, 5) is 39.7. The number of carbonyl (C=O) groups is 3. The third kappa shape index (κ3) is 7.30. The Morgan fingerprint density at radius 3 is 2.24 bits per heavy atom. The van der Waals surface area contributed by atoms with E-state index in [-0.39, 0.29) is 34.3 Å². The number of barbiturate groups is 1. The molecule has 4 aromatic carbocycles. The van der Waals surface area contributed by atoms with Crippen LogP contribution in [0.5, 0.6) is 17.2 Å². The molecule has 0 unspecified atom stereocenters. The van der Waals surface area contributed by atoms with Crippen molar-refractivity contribution >= 4 is 73.9 Å². The van der Waals surface area contributed by atoms with E-state index in [9.17, 15) is 22.8 Å². The summed E-state index contributed by atoms with van der Waals surface area (Å²) in [6.07, 6.45) is 1.28. The molecule has 0 spiro atoms. The number of nitrogens with one attached hydrogen (secondary N) is 1. The highest BCUT2D eigenvalue weighted by atomic mass is 127. The number of hydrogen-bond donors (Lipinski definition) is 1. The first-order valence-electron chi connectivity index (χ1n) is 13.2. The Morgan fingerprint density at radius 1 is 0.933 bits per heavy atom. The quantitative estimate of drug-likeness (QED) is 0.0916. The number of hydrogen-bond acceptors (Lipinski definition) is 8. The molecule has 4 amide bonds. The number of carbonyl (C=O) groups excluding carboxylic acids is 3. The number of halogens is 2. The number of nitrogens with zero attached hydrogens (tertiary/aromatic N) is 1. The second-order valence-electron chi connectivity index (χ2n) is 9.75. The van der Waals surface area contributed by atoms with E-state index in [1.54, 1.807) is 36.4 Å². The normalized spacial score (nSPS) is 14.4. The predicted molar refractivity (Wildman–Crippen MR) is 176 cm³/mol. The zero-order chi connectivity index (χ0) is 32.3. The molecule has 0 radical (unpaired) electrons. The fourth-order valence-corrected chi connectivity index (χ4v) is 6.23. The lowest BCUT2D eigenvalue weighted by atomic mass is 10.1. The molecule has 4 aromatic rings. The molecule has 13 heteroatoms. The minimum atomic E-state index is -4.19. The number of urea groups is 1. The third-order valence-corrected chi connectivity index (χ3v) is 8.87. The first-order chi connectivity index (χ1) is 21.4. The second kappa shape index (κ2) is 13.3. The second-order valence-corrected chi connectivity index (χ2v) is 12.9. The van der Waals surface area contributed by atoms with Gasteiger partial charge in [-0.3, -0.25) is 14.9 Å². The van der Waals surface area contributed by atoms with Crippen LogP contribution in [-0.2, 0) is 26.3 Å². The number of amides is 4. The summed E-state index contributed by atoms with van der Waals surface area (Å²) < 4.78 is 42.7. The lowest BCUT2D eigenvalue weighted by Crippen LogP contribution is -2.54. The predicted octanol–water partition coefficient (Wildman–Crippen LogP) is 6.27. The molecule has 0 aliphatic carbocycles. The Balaban J connectivity index is 1.37. The number of benzene rings is 4. The van der Waals surface area contributed by atoms with Gasteiger partial charge in [-0.05, 0) is 107 Å². The lowest BCUT2D eigenvalue weighted by molar-refractivity contribution is -0.122. The maximum Gasteiger partial charge on any atom is 0.339 e. The van der Waals surface area contributed by atoms with Gasteiger partial charge >= 0.3 is 16.1 Å². The Kier molecular flexibility index (Phi) is 9.46. The summed E-state index contributed by atoms with van der Waals surface area (Å²) in [5, 5.41) is 2.80. The van der Waals surface area contributed by atoms with Crippen LogP contribution in [0, 0.1) is 10.5 Å². The van der Waals surface area contributed by atoms with Gasteiger partial charge < -0.3 is 13.7 Å². The van der Waals surface area contributed by atoms with Crippen LogP contribution in [0.1, 0.15) is 16.7 Å². The van der Waals surface area contributed by atoms with Crippen LogP contribution < -0.4 is 23.9 Å². The highest BCUT2D eigenvalue weighted by molar-refractivity contribution is 14.1. The zero-order valence-corrected chi connectivity index (χ0v) is 27.5. The largest absolute Gasteiger partial charge is 0.493 e. The van der Waals surface area contributed by atoms with Crippen molar-refractivity contribution in [3.63, 3.8) is 0 Å². The number of aryl methyl sites for hydroxylation is 1. The van der Waals surface area contributed by atoms with Gasteiger partial charge in [-0.15, -0.1) is 0 Å². The van der Waals surface area contributed by atoms with Crippen LogP contribution in [0.15, 0.2) is 95.4 Å². The summed E-state index contributed by atoms with van der Waals surface area (Å²) >= 11 is 7.79. The highest BCUT2D eigenvalue weighted by Crippen LogP contribution is 2.37. The number of methoxy groups -OCH3 is 1. The van der Waals surface area contributed by atoms with Gasteiger partial charge in [0.1, 0.15) is 22.8 Å². The minimum absolute atomic E-state index is 0.0347. The maximum absolute atomic E-state index is 13.4. The SMILES string of the molecule is COc1cc(/C=C2\C(=O)NC(=O)N(c3ccc(OCc4ccc(Cl)cc4)cc3)C2=O)cc(I)c1OS(=O)(=O)c1ccc(C)cc1. The molecular formula is C32H24ClIN2O8S.